The molecule has 1 fully saturated rings. The van der Waals surface area contributed by atoms with Gasteiger partial charge >= 0.3 is 0 Å². The SMILES string of the molecule is CC(=O)NC(CC(=O)NCC1CCCN1)c1ccc(Br)cc1.Cl. The van der Waals surface area contributed by atoms with E-state index in [1.54, 1.807) is 0 Å². The minimum Gasteiger partial charge on any atom is -0.354 e. The Morgan fingerprint density at radius 2 is 2.04 bits per heavy atom. The lowest BCUT2D eigenvalue weighted by Gasteiger charge is -2.19. The number of benzene rings is 1. The summed E-state index contributed by atoms with van der Waals surface area (Å²) in [6.45, 7) is 3.13. The topological polar surface area (TPSA) is 70.2 Å². The zero-order chi connectivity index (χ0) is 15.9. The summed E-state index contributed by atoms with van der Waals surface area (Å²) in [7, 11) is 0. The summed E-state index contributed by atoms with van der Waals surface area (Å²) in [6.07, 6.45) is 2.50. The quantitative estimate of drug-likeness (QED) is 0.681. The van der Waals surface area contributed by atoms with Crippen molar-refractivity contribution in [1.29, 1.82) is 0 Å². The van der Waals surface area contributed by atoms with Crippen molar-refractivity contribution in [3.63, 3.8) is 0 Å². The Hall–Kier alpha value is -1.11. The Labute approximate surface area is 151 Å². The maximum Gasteiger partial charge on any atom is 0.222 e. The fourth-order valence-corrected chi connectivity index (χ4v) is 2.88. The molecule has 0 aromatic heterocycles. The van der Waals surface area contributed by atoms with Crippen LogP contribution in [0.5, 0.6) is 0 Å². The summed E-state index contributed by atoms with van der Waals surface area (Å²) in [4.78, 5) is 23.5. The van der Waals surface area contributed by atoms with E-state index in [-0.39, 0.29) is 36.7 Å². The van der Waals surface area contributed by atoms with Gasteiger partial charge in [-0.3, -0.25) is 9.59 Å². The summed E-state index contributed by atoms with van der Waals surface area (Å²) in [6, 6.07) is 7.71. The van der Waals surface area contributed by atoms with Crippen molar-refractivity contribution in [3.05, 3.63) is 34.3 Å². The third kappa shape index (κ3) is 6.89. The summed E-state index contributed by atoms with van der Waals surface area (Å²) < 4.78 is 0.967. The Kier molecular flexibility index (Phi) is 8.58. The smallest absolute Gasteiger partial charge is 0.222 e. The van der Waals surface area contributed by atoms with E-state index in [4.69, 9.17) is 0 Å². The molecule has 2 atom stereocenters. The van der Waals surface area contributed by atoms with Crippen molar-refractivity contribution < 1.29 is 9.59 Å². The van der Waals surface area contributed by atoms with Gasteiger partial charge in [0.1, 0.15) is 0 Å². The van der Waals surface area contributed by atoms with E-state index >= 15 is 0 Å². The standard InChI is InChI=1S/C16H22BrN3O2.ClH/c1-11(21)20-15(12-4-6-13(17)7-5-12)9-16(22)19-10-14-3-2-8-18-14;/h4-7,14-15,18H,2-3,8-10H2,1H3,(H,19,22)(H,20,21);1H. The molecule has 1 heterocycles. The van der Waals surface area contributed by atoms with Crippen molar-refractivity contribution in [1.82, 2.24) is 16.0 Å². The highest BCUT2D eigenvalue weighted by Gasteiger charge is 2.19. The van der Waals surface area contributed by atoms with E-state index in [2.05, 4.69) is 31.9 Å². The Morgan fingerprint density at radius 1 is 1.35 bits per heavy atom. The molecule has 1 aromatic carbocycles. The highest BCUT2D eigenvalue weighted by molar-refractivity contribution is 9.10. The van der Waals surface area contributed by atoms with Crippen molar-refractivity contribution in [3.8, 4) is 0 Å². The minimum absolute atomic E-state index is 0. The van der Waals surface area contributed by atoms with Crippen LogP contribution >= 0.6 is 28.3 Å². The largest absolute Gasteiger partial charge is 0.354 e. The summed E-state index contributed by atoms with van der Waals surface area (Å²) in [5.41, 5.74) is 0.924. The van der Waals surface area contributed by atoms with Crippen LogP contribution in [-0.2, 0) is 9.59 Å². The van der Waals surface area contributed by atoms with Gasteiger partial charge in [0.05, 0.1) is 12.5 Å². The molecule has 1 saturated heterocycles. The molecule has 7 heteroatoms. The van der Waals surface area contributed by atoms with E-state index in [1.165, 1.54) is 6.92 Å². The van der Waals surface area contributed by atoms with Crippen LogP contribution in [0.1, 0.15) is 37.8 Å². The minimum atomic E-state index is -0.304. The molecule has 1 aromatic rings. The summed E-state index contributed by atoms with van der Waals surface area (Å²) >= 11 is 3.39. The Bertz CT molecular complexity index is 519. The molecule has 0 bridgehead atoms. The van der Waals surface area contributed by atoms with Gasteiger partial charge in [-0.15, -0.1) is 12.4 Å². The van der Waals surface area contributed by atoms with E-state index in [9.17, 15) is 9.59 Å². The van der Waals surface area contributed by atoms with Crippen LogP contribution in [-0.4, -0.2) is 30.9 Å². The highest BCUT2D eigenvalue weighted by Crippen LogP contribution is 2.19. The van der Waals surface area contributed by atoms with Crippen LogP contribution in [0, 0.1) is 0 Å². The fourth-order valence-electron chi connectivity index (χ4n) is 2.62. The molecule has 0 spiro atoms. The predicted molar refractivity (Wildman–Crippen MR) is 96.6 cm³/mol. The molecule has 2 rings (SSSR count). The van der Waals surface area contributed by atoms with Crippen LogP contribution in [0.15, 0.2) is 28.7 Å². The average Bonchev–Trinajstić information content (AvgIpc) is 2.98. The first-order valence-corrected chi connectivity index (χ1v) is 8.36. The number of carbonyl (C=O) groups is 2. The van der Waals surface area contributed by atoms with Gasteiger partial charge in [-0.05, 0) is 37.1 Å². The predicted octanol–water partition coefficient (Wildman–Crippen LogP) is 2.31. The molecule has 5 nitrogen and oxygen atoms in total. The number of amides is 2. The van der Waals surface area contributed by atoms with Crippen LogP contribution in [0.2, 0.25) is 0 Å². The first-order valence-electron chi connectivity index (χ1n) is 7.57. The Balaban J connectivity index is 0.00000264. The summed E-state index contributed by atoms with van der Waals surface area (Å²) in [5.74, 6) is -0.187. The molecule has 128 valence electrons. The highest BCUT2D eigenvalue weighted by atomic mass is 79.9. The second-order valence-electron chi connectivity index (χ2n) is 5.61. The number of hydrogen-bond donors (Lipinski definition) is 3. The molecule has 0 saturated carbocycles. The average molecular weight is 405 g/mol. The number of nitrogens with one attached hydrogen (secondary N) is 3. The maximum atomic E-state index is 12.1. The molecule has 0 aliphatic carbocycles. The third-order valence-corrected chi connectivity index (χ3v) is 4.28. The molecular formula is C16H23BrClN3O2. The van der Waals surface area contributed by atoms with Gasteiger partial charge in [0.15, 0.2) is 0 Å². The van der Waals surface area contributed by atoms with Crippen molar-refractivity contribution in [2.45, 2.75) is 38.3 Å². The molecular weight excluding hydrogens is 382 g/mol. The van der Waals surface area contributed by atoms with Gasteiger partial charge in [-0.25, -0.2) is 0 Å². The van der Waals surface area contributed by atoms with E-state index in [1.807, 2.05) is 24.3 Å². The van der Waals surface area contributed by atoms with Crippen molar-refractivity contribution in [2.75, 3.05) is 13.1 Å². The van der Waals surface area contributed by atoms with E-state index < -0.39 is 0 Å². The maximum absolute atomic E-state index is 12.1. The zero-order valence-electron chi connectivity index (χ0n) is 13.1. The van der Waals surface area contributed by atoms with Gasteiger partial charge in [0.25, 0.3) is 0 Å². The van der Waals surface area contributed by atoms with E-state index in [0.717, 1.165) is 29.4 Å². The third-order valence-electron chi connectivity index (χ3n) is 3.75. The van der Waals surface area contributed by atoms with Crippen LogP contribution in [0.3, 0.4) is 0 Å². The number of rotatable bonds is 6. The second-order valence-corrected chi connectivity index (χ2v) is 6.52. The monoisotopic (exact) mass is 403 g/mol. The molecule has 0 radical (unpaired) electrons. The molecule has 3 N–H and O–H groups in total. The van der Waals surface area contributed by atoms with Gasteiger partial charge in [0.2, 0.25) is 11.8 Å². The Morgan fingerprint density at radius 3 is 2.61 bits per heavy atom. The summed E-state index contributed by atoms with van der Waals surface area (Å²) in [5, 5.41) is 9.14. The lowest BCUT2D eigenvalue weighted by molar-refractivity contribution is -0.122. The first kappa shape index (κ1) is 19.9. The molecule has 23 heavy (non-hydrogen) atoms. The normalized spacial score (nSPS) is 17.9. The number of hydrogen-bond acceptors (Lipinski definition) is 3. The lowest BCUT2D eigenvalue weighted by atomic mass is 10.0. The van der Waals surface area contributed by atoms with E-state index in [0.29, 0.717) is 12.6 Å². The molecule has 1 aliphatic rings. The van der Waals surface area contributed by atoms with Gasteiger partial charge in [-0.1, -0.05) is 28.1 Å². The number of carbonyl (C=O) groups excluding carboxylic acids is 2. The van der Waals surface area contributed by atoms with Crippen LogP contribution < -0.4 is 16.0 Å². The van der Waals surface area contributed by atoms with Crippen LogP contribution in [0.4, 0.5) is 0 Å². The van der Waals surface area contributed by atoms with Gasteiger partial charge in [0, 0.05) is 24.0 Å². The lowest BCUT2D eigenvalue weighted by Crippen LogP contribution is -2.39. The first-order chi connectivity index (χ1) is 10.5. The van der Waals surface area contributed by atoms with Crippen molar-refractivity contribution in [2.24, 2.45) is 0 Å². The molecule has 1 aliphatic heterocycles. The van der Waals surface area contributed by atoms with Crippen LogP contribution in [0.25, 0.3) is 0 Å². The van der Waals surface area contributed by atoms with Crippen molar-refractivity contribution >= 4 is 40.2 Å². The molecule has 2 unspecified atom stereocenters. The van der Waals surface area contributed by atoms with Gasteiger partial charge in [-0.2, -0.15) is 0 Å². The van der Waals surface area contributed by atoms with Gasteiger partial charge < -0.3 is 16.0 Å². The fraction of sp³-hybridized carbons (Fsp3) is 0.500. The molecule has 2 amide bonds. The second kappa shape index (κ2) is 9.90. The number of halogens is 2. The zero-order valence-corrected chi connectivity index (χ0v) is 15.5.